The number of halogens is 1. The Hall–Kier alpha value is -4.05. The normalized spacial score (nSPS) is 18.6. The van der Waals surface area contributed by atoms with Gasteiger partial charge in [-0.05, 0) is 68.5 Å². The van der Waals surface area contributed by atoms with Crippen molar-refractivity contribution in [1.29, 1.82) is 0 Å². The number of rotatable bonds is 6. The van der Waals surface area contributed by atoms with Crippen molar-refractivity contribution < 1.29 is 23.4 Å². The lowest BCUT2D eigenvalue weighted by atomic mass is 9.95. The van der Waals surface area contributed by atoms with Crippen molar-refractivity contribution in [2.75, 3.05) is 31.9 Å². The van der Waals surface area contributed by atoms with Gasteiger partial charge in [-0.25, -0.2) is 19.2 Å². The molecule has 2 aliphatic rings. The lowest BCUT2D eigenvalue weighted by molar-refractivity contribution is 0.0123. The maximum absolute atomic E-state index is 16.4. The van der Waals surface area contributed by atoms with Crippen LogP contribution in [0, 0.1) is 5.82 Å². The number of carbonyl (C=O) groups is 1. The number of methoxy groups -OCH3 is 1. The van der Waals surface area contributed by atoms with E-state index in [0.29, 0.717) is 35.6 Å². The number of anilines is 1. The van der Waals surface area contributed by atoms with Crippen molar-refractivity contribution >= 4 is 33.6 Å². The largest absolute Gasteiger partial charge is 0.468 e. The average molecular weight is 574 g/mol. The fourth-order valence-corrected chi connectivity index (χ4v) is 6.28. The summed E-state index contributed by atoms with van der Waals surface area (Å²) < 4.78 is 33.0. The summed E-state index contributed by atoms with van der Waals surface area (Å²) in [5, 5.41) is 2.40. The van der Waals surface area contributed by atoms with Crippen LogP contribution in [0.3, 0.4) is 0 Å². The average Bonchev–Trinajstić information content (AvgIpc) is 3.24. The van der Waals surface area contributed by atoms with E-state index in [1.807, 2.05) is 56.0 Å². The molecule has 1 amide bonds. The number of hydrogen-bond donors (Lipinski definition) is 0. The molecule has 4 heterocycles. The molecule has 2 atom stereocenters. The molecule has 2 aliphatic heterocycles. The predicted octanol–water partition coefficient (Wildman–Crippen LogP) is 6.12. The number of nitrogens with zero attached hydrogens (tertiary/aromatic N) is 5. The number of fused-ring (bicyclic) bond motifs is 4. The van der Waals surface area contributed by atoms with Crippen LogP contribution >= 0.6 is 0 Å². The first-order chi connectivity index (χ1) is 20.2. The molecule has 6 rings (SSSR count). The summed E-state index contributed by atoms with van der Waals surface area (Å²) in [6.07, 6.45) is 5.33. The fourth-order valence-electron chi connectivity index (χ4n) is 6.28. The number of aryl methyl sites for hydroxylation is 1. The molecule has 42 heavy (non-hydrogen) atoms. The van der Waals surface area contributed by atoms with Crippen molar-refractivity contribution in [2.24, 2.45) is 0 Å². The van der Waals surface area contributed by atoms with Crippen LogP contribution in [0.15, 0.2) is 42.9 Å². The van der Waals surface area contributed by atoms with E-state index in [0.717, 1.165) is 35.6 Å². The standard InChI is InChI=1S/C32H36FN5O4/c1-6-19-8-7-9-20-12-23(41-18-40-5)13-24(26(19)20)28-27(33)29-25(14-34-28)30(36-17-35-29)37-15-21-10-11-22(16-37)38(21)31(39)42-32(2,3)4/h7-9,12-14,17,21-22H,6,10-11,15-16,18H2,1-5H3/t21-,22+. The zero-order valence-electron chi connectivity index (χ0n) is 24.7. The second-order valence-electron chi connectivity index (χ2n) is 11.9. The van der Waals surface area contributed by atoms with Crippen LogP contribution in [-0.4, -0.2) is 70.6 Å². The number of piperazine rings is 1. The molecule has 9 nitrogen and oxygen atoms in total. The molecule has 0 aliphatic carbocycles. The second-order valence-corrected chi connectivity index (χ2v) is 11.9. The Balaban J connectivity index is 1.39. The smallest absolute Gasteiger partial charge is 0.410 e. The fraction of sp³-hybridized carbons (Fsp3) is 0.438. The Morgan fingerprint density at radius 3 is 2.55 bits per heavy atom. The first-order valence-electron chi connectivity index (χ1n) is 14.4. The highest BCUT2D eigenvalue weighted by molar-refractivity contribution is 6.01. The predicted molar refractivity (Wildman–Crippen MR) is 159 cm³/mol. The molecule has 2 aromatic heterocycles. The molecule has 0 unspecified atom stereocenters. The molecule has 220 valence electrons. The van der Waals surface area contributed by atoms with Gasteiger partial charge in [0.2, 0.25) is 0 Å². The maximum atomic E-state index is 16.4. The summed E-state index contributed by atoms with van der Waals surface area (Å²) in [5.74, 6) is 0.674. The van der Waals surface area contributed by atoms with E-state index in [1.165, 1.54) is 6.33 Å². The number of ether oxygens (including phenoxy) is 3. The number of pyridine rings is 1. The van der Waals surface area contributed by atoms with E-state index in [4.69, 9.17) is 14.2 Å². The van der Waals surface area contributed by atoms with Crippen molar-refractivity contribution in [3.8, 4) is 17.0 Å². The van der Waals surface area contributed by atoms with Gasteiger partial charge in [0.15, 0.2) is 12.6 Å². The van der Waals surface area contributed by atoms with E-state index in [1.54, 1.807) is 13.3 Å². The molecule has 2 aromatic carbocycles. The third-order valence-corrected chi connectivity index (χ3v) is 8.00. The minimum Gasteiger partial charge on any atom is -0.468 e. The summed E-state index contributed by atoms with van der Waals surface area (Å²) in [6, 6.07) is 9.76. The van der Waals surface area contributed by atoms with Gasteiger partial charge < -0.3 is 19.1 Å². The number of hydrogen-bond acceptors (Lipinski definition) is 8. The number of carbonyl (C=O) groups excluding carboxylic acids is 1. The molecule has 2 saturated heterocycles. The molecule has 4 aromatic rings. The lowest BCUT2D eigenvalue weighted by Crippen LogP contribution is -2.57. The highest BCUT2D eigenvalue weighted by Crippen LogP contribution is 2.39. The third-order valence-electron chi connectivity index (χ3n) is 8.00. The molecule has 2 bridgehead atoms. The van der Waals surface area contributed by atoms with Gasteiger partial charge in [-0.3, -0.25) is 9.88 Å². The Morgan fingerprint density at radius 1 is 1.10 bits per heavy atom. The highest BCUT2D eigenvalue weighted by atomic mass is 19.1. The van der Waals surface area contributed by atoms with Crippen LogP contribution in [0.5, 0.6) is 5.75 Å². The van der Waals surface area contributed by atoms with Crippen molar-refractivity contribution in [2.45, 2.75) is 64.6 Å². The maximum Gasteiger partial charge on any atom is 0.410 e. The molecule has 10 heteroatoms. The van der Waals surface area contributed by atoms with Crippen molar-refractivity contribution in [3.05, 3.63) is 54.2 Å². The molecule has 0 spiro atoms. The molecular formula is C32H36FN5O4. The molecule has 0 N–H and O–H groups in total. The molecule has 0 saturated carbocycles. The lowest BCUT2D eigenvalue weighted by Gasteiger charge is -2.42. The Bertz CT molecular complexity index is 1640. The minimum absolute atomic E-state index is 0.00522. The Kier molecular flexibility index (Phi) is 7.34. The van der Waals surface area contributed by atoms with Crippen LogP contribution in [0.2, 0.25) is 0 Å². The summed E-state index contributed by atoms with van der Waals surface area (Å²) >= 11 is 0. The van der Waals surface area contributed by atoms with Crippen LogP contribution in [-0.2, 0) is 15.9 Å². The minimum atomic E-state index is -0.559. The van der Waals surface area contributed by atoms with Gasteiger partial charge in [-0.15, -0.1) is 0 Å². The zero-order valence-corrected chi connectivity index (χ0v) is 24.7. The van der Waals surface area contributed by atoms with E-state index in [9.17, 15) is 4.79 Å². The quantitative estimate of drug-likeness (QED) is 0.255. The van der Waals surface area contributed by atoms with Gasteiger partial charge in [-0.1, -0.05) is 25.1 Å². The van der Waals surface area contributed by atoms with Crippen molar-refractivity contribution in [3.63, 3.8) is 0 Å². The highest BCUT2D eigenvalue weighted by Gasteiger charge is 2.45. The van der Waals surface area contributed by atoms with Crippen LogP contribution in [0.25, 0.3) is 32.9 Å². The van der Waals surface area contributed by atoms with E-state index in [-0.39, 0.29) is 36.2 Å². The monoisotopic (exact) mass is 573 g/mol. The number of benzene rings is 2. The van der Waals surface area contributed by atoms with Gasteiger partial charge in [0, 0.05) is 32.0 Å². The van der Waals surface area contributed by atoms with Crippen LogP contribution < -0.4 is 9.64 Å². The van der Waals surface area contributed by atoms with Crippen LogP contribution in [0.1, 0.15) is 46.1 Å². The van der Waals surface area contributed by atoms with Crippen molar-refractivity contribution in [1.82, 2.24) is 19.9 Å². The Labute approximate surface area is 244 Å². The SMILES string of the molecule is CCc1cccc2cc(OCOC)cc(-c3ncc4c(N5C[C@H]6CC[C@@H](C5)N6C(=O)OC(C)(C)C)ncnc4c3F)c12. The third kappa shape index (κ3) is 5.08. The van der Waals surface area contributed by atoms with E-state index >= 15 is 4.39 Å². The van der Waals surface area contributed by atoms with E-state index in [2.05, 4.69) is 26.8 Å². The number of aromatic nitrogens is 3. The number of amides is 1. The van der Waals surface area contributed by atoms with Gasteiger partial charge in [-0.2, -0.15) is 0 Å². The summed E-state index contributed by atoms with van der Waals surface area (Å²) in [6.45, 7) is 8.93. The van der Waals surface area contributed by atoms with Gasteiger partial charge in [0.1, 0.15) is 34.7 Å². The second kappa shape index (κ2) is 11.0. The zero-order chi connectivity index (χ0) is 29.6. The topological polar surface area (TPSA) is 89.9 Å². The first kappa shape index (κ1) is 28.1. The van der Waals surface area contributed by atoms with Gasteiger partial charge >= 0.3 is 6.09 Å². The van der Waals surface area contributed by atoms with Crippen LogP contribution in [0.4, 0.5) is 15.0 Å². The molecular weight excluding hydrogens is 537 g/mol. The summed E-state index contributed by atoms with van der Waals surface area (Å²) in [7, 11) is 1.56. The summed E-state index contributed by atoms with van der Waals surface area (Å²) in [5.41, 5.74) is 1.58. The van der Waals surface area contributed by atoms with E-state index < -0.39 is 11.4 Å². The first-order valence-corrected chi connectivity index (χ1v) is 14.4. The van der Waals surface area contributed by atoms with Gasteiger partial charge in [0.25, 0.3) is 0 Å². The molecule has 0 radical (unpaired) electrons. The van der Waals surface area contributed by atoms with Gasteiger partial charge in [0.05, 0.1) is 17.5 Å². The summed E-state index contributed by atoms with van der Waals surface area (Å²) in [4.78, 5) is 30.5. The molecule has 2 fully saturated rings. The Morgan fingerprint density at radius 2 is 1.86 bits per heavy atom.